The highest BCUT2D eigenvalue weighted by atomic mass is 32.2. The molecule has 0 amide bonds. The maximum Gasteiger partial charge on any atom is 0.243 e. The summed E-state index contributed by atoms with van der Waals surface area (Å²) in [6, 6.07) is 2.49. The van der Waals surface area contributed by atoms with Gasteiger partial charge in [0, 0.05) is 19.2 Å². The van der Waals surface area contributed by atoms with Crippen molar-refractivity contribution in [1.82, 2.24) is 4.31 Å². The second-order valence-electron chi connectivity index (χ2n) is 5.62. The summed E-state index contributed by atoms with van der Waals surface area (Å²) >= 11 is 0. The molecule has 2 aliphatic rings. The first-order valence-electron chi connectivity index (χ1n) is 6.95. The van der Waals surface area contributed by atoms with E-state index in [4.69, 9.17) is 4.74 Å². The maximum absolute atomic E-state index is 13.3. The summed E-state index contributed by atoms with van der Waals surface area (Å²) in [6.45, 7) is 0. The van der Waals surface area contributed by atoms with Crippen LogP contribution in [0.3, 0.4) is 0 Å². The molecule has 2 aliphatic heterocycles. The van der Waals surface area contributed by atoms with Crippen LogP contribution in [0.25, 0.3) is 0 Å². The number of rotatable bonds is 3. The largest absolute Gasteiger partial charge is 0.381 e. The average Bonchev–Trinajstić information content (AvgIpc) is 2.74. The predicted octanol–water partition coefficient (Wildman–Crippen LogP) is 2.30. The van der Waals surface area contributed by atoms with Crippen LogP contribution < -0.4 is 0 Å². The van der Waals surface area contributed by atoms with Crippen molar-refractivity contribution in [2.75, 3.05) is 7.11 Å². The topological polar surface area (TPSA) is 46.6 Å². The van der Waals surface area contributed by atoms with Crippen molar-refractivity contribution >= 4 is 10.0 Å². The number of ether oxygens (including phenoxy) is 1. The molecule has 2 heterocycles. The normalized spacial score (nSPS) is 29.8. The average molecular weight is 317 g/mol. The number of fused-ring (bicyclic) bond motifs is 2. The van der Waals surface area contributed by atoms with Gasteiger partial charge in [-0.15, -0.1) is 0 Å². The first kappa shape index (κ1) is 14.9. The van der Waals surface area contributed by atoms with Gasteiger partial charge in [0.25, 0.3) is 0 Å². The Hall–Kier alpha value is -1.05. The van der Waals surface area contributed by atoms with Crippen molar-refractivity contribution in [2.45, 2.75) is 48.8 Å². The molecule has 7 heteroatoms. The van der Waals surface area contributed by atoms with Crippen molar-refractivity contribution in [1.29, 1.82) is 0 Å². The maximum atomic E-state index is 13.3. The number of methoxy groups -OCH3 is 1. The van der Waals surface area contributed by atoms with Gasteiger partial charge in [-0.3, -0.25) is 0 Å². The van der Waals surface area contributed by atoms with Gasteiger partial charge in [0.15, 0.2) is 11.6 Å². The molecule has 1 aromatic carbocycles. The van der Waals surface area contributed by atoms with Gasteiger partial charge in [0.1, 0.15) is 0 Å². The minimum absolute atomic E-state index is 0.0684. The Balaban J connectivity index is 1.94. The molecule has 1 aromatic rings. The van der Waals surface area contributed by atoms with Crippen LogP contribution in [0.1, 0.15) is 25.7 Å². The summed E-state index contributed by atoms with van der Waals surface area (Å²) < 4.78 is 58.5. The van der Waals surface area contributed by atoms with E-state index in [0.29, 0.717) is 12.8 Å². The second kappa shape index (κ2) is 5.30. The van der Waals surface area contributed by atoms with Crippen molar-refractivity contribution in [3.05, 3.63) is 29.8 Å². The van der Waals surface area contributed by atoms with E-state index in [9.17, 15) is 17.2 Å². The number of sulfonamides is 1. The van der Waals surface area contributed by atoms with E-state index in [1.807, 2.05) is 0 Å². The van der Waals surface area contributed by atoms with Crippen LogP contribution in [0.4, 0.5) is 8.78 Å². The minimum atomic E-state index is -3.80. The first-order chi connectivity index (χ1) is 9.93. The lowest BCUT2D eigenvalue weighted by Gasteiger charge is -2.37. The number of benzene rings is 1. The molecule has 0 radical (unpaired) electrons. The molecule has 116 valence electrons. The molecule has 0 N–H and O–H groups in total. The molecule has 0 spiro atoms. The fourth-order valence-corrected chi connectivity index (χ4v) is 5.33. The fraction of sp³-hybridized carbons (Fsp3) is 0.571. The van der Waals surface area contributed by atoms with Gasteiger partial charge < -0.3 is 4.74 Å². The molecule has 2 atom stereocenters. The van der Waals surface area contributed by atoms with E-state index in [2.05, 4.69) is 0 Å². The van der Waals surface area contributed by atoms with E-state index in [1.54, 1.807) is 7.11 Å². The van der Waals surface area contributed by atoms with E-state index in [0.717, 1.165) is 31.0 Å². The Morgan fingerprint density at radius 2 is 1.76 bits per heavy atom. The van der Waals surface area contributed by atoms with Crippen LogP contribution in [0.2, 0.25) is 0 Å². The highest BCUT2D eigenvalue weighted by Gasteiger charge is 2.47. The summed E-state index contributed by atoms with van der Waals surface area (Å²) in [7, 11) is -2.17. The third kappa shape index (κ3) is 2.47. The van der Waals surface area contributed by atoms with Gasteiger partial charge in [-0.1, -0.05) is 0 Å². The quantitative estimate of drug-likeness (QED) is 0.859. The number of nitrogens with zero attached hydrogens (tertiary/aromatic N) is 1. The summed E-state index contributed by atoms with van der Waals surface area (Å²) in [5.41, 5.74) is 0. The Morgan fingerprint density at radius 3 is 2.29 bits per heavy atom. The van der Waals surface area contributed by atoms with Crippen molar-refractivity contribution in [3.8, 4) is 0 Å². The number of hydrogen-bond donors (Lipinski definition) is 0. The van der Waals surface area contributed by atoms with Crippen LogP contribution >= 0.6 is 0 Å². The summed E-state index contributed by atoms with van der Waals surface area (Å²) in [4.78, 5) is -0.186. The monoisotopic (exact) mass is 317 g/mol. The standard InChI is InChI=1S/C14H17F2NO3S/c1-20-11-6-9-2-3-10(7-11)17(9)21(18,19)12-4-5-13(15)14(16)8-12/h4-5,8-11H,2-3,6-7H2,1H3. The summed E-state index contributed by atoms with van der Waals surface area (Å²) in [6.07, 6.45) is 2.94. The van der Waals surface area contributed by atoms with E-state index in [1.165, 1.54) is 4.31 Å². The highest BCUT2D eigenvalue weighted by molar-refractivity contribution is 7.89. The van der Waals surface area contributed by atoms with E-state index < -0.39 is 21.7 Å². The molecule has 3 rings (SSSR count). The molecule has 2 fully saturated rings. The fourth-order valence-electron chi connectivity index (χ4n) is 3.43. The Morgan fingerprint density at radius 1 is 1.14 bits per heavy atom. The lowest BCUT2D eigenvalue weighted by atomic mass is 10.0. The van der Waals surface area contributed by atoms with Crippen molar-refractivity contribution in [2.24, 2.45) is 0 Å². The molecule has 21 heavy (non-hydrogen) atoms. The third-order valence-corrected chi connectivity index (χ3v) is 6.42. The molecule has 0 aromatic heterocycles. The van der Waals surface area contributed by atoms with Crippen LogP contribution in [0.15, 0.2) is 23.1 Å². The zero-order valence-corrected chi connectivity index (χ0v) is 12.4. The zero-order chi connectivity index (χ0) is 15.2. The van der Waals surface area contributed by atoms with Crippen LogP contribution in [-0.4, -0.2) is 38.0 Å². The second-order valence-corrected chi connectivity index (χ2v) is 7.47. The minimum Gasteiger partial charge on any atom is -0.381 e. The molecular formula is C14H17F2NO3S. The van der Waals surface area contributed by atoms with Gasteiger partial charge in [0.05, 0.1) is 11.0 Å². The van der Waals surface area contributed by atoms with Gasteiger partial charge >= 0.3 is 0 Å². The van der Waals surface area contributed by atoms with Gasteiger partial charge in [0.2, 0.25) is 10.0 Å². The summed E-state index contributed by atoms with van der Waals surface area (Å²) in [5, 5.41) is 0. The van der Waals surface area contributed by atoms with Crippen LogP contribution in [-0.2, 0) is 14.8 Å². The molecule has 2 bridgehead atoms. The van der Waals surface area contributed by atoms with Crippen molar-refractivity contribution in [3.63, 3.8) is 0 Å². The van der Waals surface area contributed by atoms with Crippen LogP contribution in [0, 0.1) is 11.6 Å². The van der Waals surface area contributed by atoms with Gasteiger partial charge in [-0.05, 0) is 43.9 Å². The third-order valence-electron chi connectivity index (χ3n) is 4.42. The number of hydrogen-bond acceptors (Lipinski definition) is 3. The van der Waals surface area contributed by atoms with E-state index in [-0.39, 0.29) is 23.1 Å². The molecular weight excluding hydrogens is 300 g/mol. The molecule has 0 saturated carbocycles. The number of piperidine rings is 1. The summed E-state index contributed by atoms with van der Waals surface area (Å²) in [5.74, 6) is -2.19. The van der Waals surface area contributed by atoms with E-state index >= 15 is 0 Å². The molecule has 0 aliphatic carbocycles. The first-order valence-corrected chi connectivity index (χ1v) is 8.39. The SMILES string of the molecule is COC1CC2CCC(C1)N2S(=O)(=O)c1ccc(F)c(F)c1. The molecule has 4 nitrogen and oxygen atoms in total. The lowest BCUT2D eigenvalue weighted by Crippen LogP contribution is -2.48. The predicted molar refractivity (Wildman–Crippen MR) is 72.2 cm³/mol. The smallest absolute Gasteiger partial charge is 0.243 e. The molecule has 2 unspecified atom stereocenters. The van der Waals surface area contributed by atoms with Crippen LogP contribution in [0.5, 0.6) is 0 Å². The molecule has 2 saturated heterocycles. The number of halogens is 2. The Labute approximate surface area is 122 Å². The van der Waals surface area contributed by atoms with Gasteiger partial charge in [-0.2, -0.15) is 4.31 Å². The highest BCUT2D eigenvalue weighted by Crippen LogP contribution is 2.40. The lowest BCUT2D eigenvalue weighted by molar-refractivity contribution is 0.0349. The van der Waals surface area contributed by atoms with Gasteiger partial charge in [-0.25, -0.2) is 17.2 Å². The Bertz CT molecular complexity index is 636. The van der Waals surface area contributed by atoms with Crippen molar-refractivity contribution < 1.29 is 21.9 Å². The zero-order valence-electron chi connectivity index (χ0n) is 11.6. The Kier molecular flexibility index (Phi) is 3.75.